The maximum absolute atomic E-state index is 12.2. The van der Waals surface area contributed by atoms with Crippen LogP contribution in [-0.4, -0.2) is 64.6 Å². The number of amides is 2. The minimum Gasteiger partial charge on any atom is -0.497 e. The molecule has 1 aliphatic rings. The van der Waals surface area contributed by atoms with Gasteiger partial charge in [0.15, 0.2) is 0 Å². The van der Waals surface area contributed by atoms with Gasteiger partial charge in [0.2, 0.25) is 0 Å². The van der Waals surface area contributed by atoms with E-state index in [-0.39, 0.29) is 6.03 Å². The van der Waals surface area contributed by atoms with E-state index in [2.05, 4.69) is 15.5 Å². The van der Waals surface area contributed by atoms with Gasteiger partial charge in [-0.25, -0.2) is 4.79 Å². The summed E-state index contributed by atoms with van der Waals surface area (Å²) in [6.07, 6.45) is 0. The highest BCUT2D eigenvalue weighted by molar-refractivity contribution is 5.74. The van der Waals surface area contributed by atoms with E-state index in [1.165, 1.54) is 0 Å². The standard InChI is InChI=1S/C23H31N3O5/c1-28-20-6-7-22(29-2)19(15-20)17-25-23(27)24-16-18-4-3-5-21(14-18)31-13-10-26-8-11-30-12-9-26/h3-7,14-15H,8-13,16-17H2,1-2H3,(H2,24,25,27). The number of morpholine rings is 1. The monoisotopic (exact) mass is 429 g/mol. The molecule has 168 valence electrons. The number of urea groups is 1. The first-order valence-electron chi connectivity index (χ1n) is 10.4. The van der Waals surface area contributed by atoms with Crippen molar-refractivity contribution in [1.82, 2.24) is 15.5 Å². The van der Waals surface area contributed by atoms with Gasteiger partial charge in [-0.3, -0.25) is 4.90 Å². The molecule has 0 radical (unpaired) electrons. The predicted molar refractivity (Wildman–Crippen MR) is 118 cm³/mol. The van der Waals surface area contributed by atoms with Gasteiger partial charge in [0.1, 0.15) is 23.9 Å². The summed E-state index contributed by atoms with van der Waals surface area (Å²) < 4.78 is 21.8. The van der Waals surface area contributed by atoms with Crippen LogP contribution in [0.2, 0.25) is 0 Å². The van der Waals surface area contributed by atoms with Gasteiger partial charge < -0.3 is 29.6 Å². The van der Waals surface area contributed by atoms with Crippen LogP contribution in [0.15, 0.2) is 42.5 Å². The number of nitrogens with zero attached hydrogens (tertiary/aromatic N) is 1. The van der Waals surface area contributed by atoms with Crippen LogP contribution >= 0.6 is 0 Å². The topological polar surface area (TPSA) is 81.3 Å². The normalized spacial score (nSPS) is 14.0. The molecule has 0 aromatic heterocycles. The third-order valence-corrected chi connectivity index (χ3v) is 5.06. The van der Waals surface area contributed by atoms with Gasteiger partial charge in [-0.1, -0.05) is 12.1 Å². The molecule has 0 aliphatic carbocycles. The summed E-state index contributed by atoms with van der Waals surface area (Å²) >= 11 is 0. The largest absolute Gasteiger partial charge is 0.497 e. The van der Waals surface area contributed by atoms with E-state index in [1.54, 1.807) is 14.2 Å². The number of carbonyl (C=O) groups is 1. The van der Waals surface area contributed by atoms with Crippen molar-refractivity contribution in [3.05, 3.63) is 53.6 Å². The zero-order valence-electron chi connectivity index (χ0n) is 18.2. The Balaban J connectivity index is 1.42. The number of rotatable bonds is 10. The molecule has 2 amide bonds. The van der Waals surface area contributed by atoms with Crippen LogP contribution < -0.4 is 24.8 Å². The van der Waals surface area contributed by atoms with Gasteiger partial charge >= 0.3 is 6.03 Å². The van der Waals surface area contributed by atoms with Gasteiger partial charge in [-0.15, -0.1) is 0 Å². The molecule has 2 N–H and O–H groups in total. The van der Waals surface area contributed by atoms with Crippen LogP contribution in [0.3, 0.4) is 0 Å². The minimum absolute atomic E-state index is 0.261. The molecule has 0 saturated carbocycles. The van der Waals surface area contributed by atoms with Crippen LogP contribution in [0.5, 0.6) is 17.2 Å². The summed E-state index contributed by atoms with van der Waals surface area (Å²) in [5.41, 5.74) is 1.81. The molecule has 2 aromatic rings. The van der Waals surface area contributed by atoms with Gasteiger partial charge in [-0.2, -0.15) is 0 Å². The SMILES string of the molecule is COc1ccc(OC)c(CNC(=O)NCc2cccc(OCCN3CCOCC3)c2)c1. The first-order chi connectivity index (χ1) is 15.2. The molecule has 3 rings (SSSR count). The number of nitrogens with one attached hydrogen (secondary N) is 2. The molecule has 2 aromatic carbocycles. The molecule has 8 nitrogen and oxygen atoms in total. The van der Waals surface area contributed by atoms with Crippen molar-refractivity contribution in [2.75, 3.05) is 53.7 Å². The molecule has 1 saturated heterocycles. The fraction of sp³-hybridized carbons (Fsp3) is 0.435. The Morgan fingerprint density at radius 2 is 1.81 bits per heavy atom. The Morgan fingerprint density at radius 1 is 1.00 bits per heavy atom. The third-order valence-electron chi connectivity index (χ3n) is 5.06. The Bertz CT molecular complexity index is 840. The lowest BCUT2D eigenvalue weighted by atomic mass is 10.2. The molecule has 0 unspecified atom stereocenters. The second-order valence-corrected chi connectivity index (χ2v) is 7.16. The second-order valence-electron chi connectivity index (χ2n) is 7.16. The first kappa shape index (κ1) is 22.7. The molecule has 1 heterocycles. The summed E-state index contributed by atoms with van der Waals surface area (Å²) in [5, 5.41) is 5.72. The zero-order chi connectivity index (χ0) is 21.9. The average molecular weight is 430 g/mol. The highest BCUT2D eigenvalue weighted by Gasteiger charge is 2.10. The van der Waals surface area contributed by atoms with Crippen molar-refractivity contribution in [1.29, 1.82) is 0 Å². The maximum Gasteiger partial charge on any atom is 0.315 e. The lowest BCUT2D eigenvalue weighted by Crippen LogP contribution is -2.38. The van der Waals surface area contributed by atoms with Crippen LogP contribution in [0.4, 0.5) is 4.79 Å². The Morgan fingerprint density at radius 3 is 2.58 bits per heavy atom. The van der Waals surface area contributed by atoms with Crippen LogP contribution in [-0.2, 0) is 17.8 Å². The molecule has 8 heteroatoms. The molecular weight excluding hydrogens is 398 g/mol. The quantitative estimate of drug-likeness (QED) is 0.604. The number of hydrogen-bond acceptors (Lipinski definition) is 6. The fourth-order valence-corrected chi connectivity index (χ4v) is 3.30. The number of ether oxygens (including phenoxy) is 4. The maximum atomic E-state index is 12.2. The molecule has 0 spiro atoms. The Labute approximate surface area is 183 Å². The van der Waals surface area contributed by atoms with Crippen molar-refractivity contribution in [2.24, 2.45) is 0 Å². The van der Waals surface area contributed by atoms with Gasteiger partial charge in [0.05, 0.1) is 27.4 Å². The second kappa shape index (κ2) is 12.0. The molecule has 0 atom stereocenters. The third kappa shape index (κ3) is 7.34. The van der Waals surface area contributed by atoms with Crippen LogP contribution in [0.25, 0.3) is 0 Å². The van der Waals surface area contributed by atoms with E-state index in [4.69, 9.17) is 18.9 Å². The van der Waals surface area contributed by atoms with E-state index in [0.29, 0.717) is 31.2 Å². The predicted octanol–water partition coefficient (Wildman–Crippen LogP) is 2.41. The van der Waals surface area contributed by atoms with Crippen LogP contribution in [0.1, 0.15) is 11.1 Å². The van der Waals surface area contributed by atoms with Gasteiger partial charge in [-0.05, 0) is 35.9 Å². The summed E-state index contributed by atoms with van der Waals surface area (Å²) in [5.74, 6) is 2.21. The summed E-state index contributed by atoms with van der Waals surface area (Å²) in [4.78, 5) is 14.6. The molecule has 31 heavy (non-hydrogen) atoms. The molecule has 1 aliphatic heterocycles. The minimum atomic E-state index is -0.261. The van der Waals surface area contributed by atoms with E-state index >= 15 is 0 Å². The number of benzene rings is 2. The van der Waals surface area contributed by atoms with E-state index < -0.39 is 0 Å². The molecule has 0 bridgehead atoms. The number of methoxy groups -OCH3 is 2. The Kier molecular flexibility index (Phi) is 8.81. The van der Waals surface area contributed by atoms with Crippen LogP contribution in [0, 0.1) is 0 Å². The highest BCUT2D eigenvalue weighted by atomic mass is 16.5. The molecular formula is C23H31N3O5. The van der Waals surface area contributed by atoms with Crippen molar-refractivity contribution in [2.45, 2.75) is 13.1 Å². The van der Waals surface area contributed by atoms with Crippen molar-refractivity contribution in [3.8, 4) is 17.2 Å². The van der Waals surface area contributed by atoms with Gasteiger partial charge in [0, 0.05) is 38.3 Å². The highest BCUT2D eigenvalue weighted by Crippen LogP contribution is 2.23. The van der Waals surface area contributed by atoms with Crippen molar-refractivity contribution in [3.63, 3.8) is 0 Å². The summed E-state index contributed by atoms with van der Waals surface area (Å²) in [6, 6.07) is 13.0. The lowest BCUT2D eigenvalue weighted by molar-refractivity contribution is 0.0322. The number of hydrogen-bond donors (Lipinski definition) is 2. The van der Waals surface area contributed by atoms with Gasteiger partial charge in [0.25, 0.3) is 0 Å². The fourth-order valence-electron chi connectivity index (χ4n) is 3.30. The van der Waals surface area contributed by atoms with E-state index in [1.807, 2.05) is 42.5 Å². The van der Waals surface area contributed by atoms with E-state index in [9.17, 15) is 4.79 Å². The first-order valence-corrected chi connectivity index (χ1v) is 10.4. The Hall–Kier alpha value is -2.97. The lowest BCUT2D eigenvalue weighted by Gasteiger charge is -2.26. The van der Waals surface area contributed by atoms with Crippen molar-refractivity contribution < 1.29 is 23.7 Å². The molecule has 1 fully saturated rings. The smallest absolute Gasteiger partial charge is 0.315 e. The van der Waals surface area contributed by atoms with Crippen molar-refractivity contribution >= 4 is 6.03 Å². The summed E-state index contributed by atoms with van der Waals surface area (Å²) in [6.45, 7) is 5.70. The van der Waals surface area contributed by atoms with E-state index in [0.717, 1.165) is 49.7 Å². The number of carbonyl (C=O) groups excluding carboxylic acids is 1. The zero-order valence-corrected chi connectivity index (χ0v) is 18.2. The summed E-state index contributed by atoms with van der Waals surface area (Å²) in [7, 11) is 3.20. The average Bonchev–Trinajstić information content (AvgIpc) is 2.82.